The summed E-state index contributed by atoms with van der Waals surface area (Å²) in [5, 5.41) is 0. The number of carbonyl (C=O) groups is 1. The minimum Gasteiger partial charge on any atom is -0.308 e. The monoisotopic (exact) mass is 281 g/mol. The van der Waals surface area contributed by atoms with Crippen LogP contribution in [0.25, 0.3) is 11.6 Å². The maximum Gasteiger partial charge on any atom is 0.258 e. The highest BCUT2D eigenvalue weighted by Crippen LogP contribution is 2.37. The third-order valence-corrected chi connectivity index (χ3v) is 3.59. The van der Waals surface area contributed by atoms with Crippen LogP contribution in [0, 0.1) is 5.82 Å². The number of hydrogen-bond donors (Lipinski definition) is 0. The Bertz CT molecular complexity index is 703. The van der Waals surface area contributed by atoms with Crippen LogP contribution >= 0.6 is 0 Å². The molecule has 3 heteroatoms. The Hall–Kier alpha value is -2.42. The van der Waals surface area contributed by atoms with Gasteiger partial charge in [0.15, 0.2) is 0 Å². The van der Waals surface area contributed by atoms with Crippen LogP contribution in [0.4, 0.5) is 10.1 Å². The molecular formula is C18H16FNO. The largest absolute Gasteiger partial charge is 0.308 e. The van der Waals surface area contributed by atoms with Crippen molar-refractivity contribution in [3.63, 3.8) is 0 Å². The molecule has 0 N–H and O–H groups in total. The van der Waals surface area contributed by atoms with E-state index in [2.05, 4.69) is 6.92 Å². The molecule has 3 rings (SSSR count). The molecule has 0 atom stereocenters. The van der Waals surface area contributed by atoms with E-state index in [1.807, 2.05) is 35.2 Å². The molecule has 0 unspecified atom stereocenters. The van der Waals surface area contributed by atoms with E-state index in [0.29, 0.717) is 12.1 Å². The first kappa shape index (κ1) is 13.6. The normalized spacial score (nSPS) is 15.6. The van der Waals surface area contributed by atoms with Crippen LogP contribution in [0.15, 0.2) is 48.5 Å². The van der Waals surface area contributed by atoms with E-state index >= 15 is 0 Å². The SMILES string of the molecule is CCCN1C(=O)/C(=C\c2ccc(F)cc2)c2ccccc21. The molecule has 0 radical (unpaired) electrons. The Balaban J connectivity index is 2.06. The van der Waals surface area contributed by atoms with E-state index in [0.717, 1.165) is 23.2 Å². The van der Waals surface area contributed by atoms with Gasteiger partial charge >= 0.3 is 0 Å². The Labute approximate surface area is 123 Å². The van der Waals surface area contributed by atoms with Crippen LogP contribution < -0.4 is 4.90 Å². The van der Waals surface area contributed by atoms with Gasteiger partial charge in [0.05, 0.1) is 5.69 Å². The summed E-state index contributed by atoms with van der Waals surface area (Å²) >= 11 is 0. The molecule has 0 bridgehead atoms. The van der Waals surface area contributed by atoms with Gasteiger partial charge in [-0.05, 0) is 36.3 Å². The number of halogens is 1. The van der Waals surface area contributed by atoms with Crippen molar-refractivity contribution >= 4 is 23.2 Å². The van der Waals surface area contributed by atoms with Crippen LogP contribution in [0.5, 0.6) is 0 Å². The maximum atomic E-state index is 13.0. The summed E-state index contributed by atoms with van der Waals surface area (Å²) in [6.45, 7) is 2.76. The van der Waals surface area contributed by atoms with E-state index in [1.165, 1.54) is 12.1 Å². The van der Waals surface area contributed by atoms with E-state index in [-0.39, 0.29) is 11.7 Å². The summed E-state index contributed by atoms with van der Waals surface area (Å²) in [5.41, 5.74) is 3.40. The van der Waals surface area contributed by atoms with E-state index in [4.69, 9.17) is 0 Å². The van der Waals surface area contributed by atoms with Crippen molar-refractivity contribution in [2.24, 2.45) is 0 Å². The second-order valence-electron chi connectivity index (χ2n) is 5.08. The molecule has 2 nitrogen and oxygen atoms in total. The van der Waals surface area contributed by atoms with Crippen molar-refractivity contribution in [3.8, 4) is 0 Å². The molecule has 2 aromatic carbocycles. The van der Waals surface area contributed by atoms with Gasteiger partial charge in [0.25, 0.3) is 5.91 Å². The molecule has 0 saturated heterocycles. The fourth-order valence-corrected chi connectivity index (χ4v) is 2.62. The first-order chi connectivity index (χ1) is 10.2. The summed E-state index contributed by atoms with van der Waals surface area (Å²) in [7, 11) is 0. The minimum atomic E-state index is -0.275. The number of para-hydroxylation sites is 1. The number of carbonyl (C=O) groups excluding carboxylic acids is 1. The van der Waals surface area contributed by atoms with Crippen LogP contribution in [-0.4, -0.2) is 12.5 Å². The molecule has 2 aromatic rings. The fraction of sp³-hybridized carbons (Fsp3) is 0.167. The molecule has 0 saturated carbocycles. The van der Waals surface area contributed by atoms with Crippen molar-refractivity contribution in [1.82, 2.24) is 0 Å². The second-order valence-corrected chi connectivity index (χ2v) is 5.08. The van der Waals surface area contributed by atoms with Gasteiger partial charge in [0.1, 0.15) is 5.82 Å². The van der Waals surface area contributed by atoms with Crippen LogP contribution in [-0.2, 0) is 4.79 Å². The Morgan fingerprint density at radius 3 is 2.52 bits per heavy atom. The molecule has 0 fully saturated rings. The summed E-state index contributed by atoms with van der Waals surface area (Å²) < 4.78 is 13.0. The molecular weight excluding hydrogens is 265 g/mol. The van der Waals surface area contributed by atoms with Gasteiger partial charge in [-0.25, -0.2) is 4.39 Å². The van der Waals surface area contributed by atoms with E-state index in [1.54, 1.807) is 12.1 Å². The predicted octanol–water partition coefficient (Wildman–Crippen LogP) is 4.12. The highest BCUT2D eigenvalue weighted by Gasteiger charge is 2.31. The standard InChI is InChI=1S/C18H16FNO/c1-2-11-20-17-6-4-3-5-15(17)16(18(20)21)12-13-7-9-14(19)10-8-13/h3-10,12H,2,11H2,1H3/b16-12-. The number of anilines is 1. The first-order valence-electron chi connectivity index (χ1n) is 7.09. The van der Waals surface area contributed by atoms with Crippen molar-refractivity contribution in [1.29, 1.82) is 0 Å². The molecule has 0 aromatic heterocycles. The number of hydrogen-bond acceptors (Lipinski definition) is 1. The number of amides is 1. The van der Waals surface area contributed by atoms with E-state index < -0.39 is 0 Å². The van der Waals surface area contributed by atoms with Gasteiger partial charge < -0.3 is 4.90 Å². The molecule has 1 aliphatic heterocycles. The van der Waals surface area contributed by atoms with E-state index in [9.17, 15) is 9.18 Å². The van der Waals surface area contributed by atoms with Gasteiger partial charge in [0.2, 0.25) is 0 Å². The highest BCUT2D eigenvalue weighted by atomic mass is 19.1. The lowest BCUT2D eigenvalue weighted by molar-refractivity contribution is -0.113. The zero-order chi connectivity index (χ0) is 14.8. The Morgan fingerprint density at radius 2 is 1.81 bits per heavy atom. The summed E-state index contributed by atoms with van der Waals surface area (Å²) in [4.78, 5) is 14.4. The third kappa shape index (κ3) is 2.47. The predicted molar refractivity (Wildman–Crippen MR) is 83.4 cm³/mol. The Kier molecular flexibility index (Phi) is 3.57. The maximum absolute atomic E-state index is 13.0. The lowest BCUT2D eigenvalue weighted by atomic mass is 10.0. The summed E-state index contributed by atoms with van der Waals surface area (Å²) in [5.74, 6) is -0.259. The van der Waals surface area contributed by atoms with Crippen molar-refractivity contribution in [2.75, 3.05) is 11.4 Å². The van der Waals surface area contributed by atoms with Gasteiger partial charge in [0, 0.05) is 17.7 Å². The first-order valence-corrected chi connectivity index (χ1v) is 7.09. The molecule has 1 amide bonds. The van der Waals surface area contributed by atoms with Gasteiger partial charge in [-0.3, -0.25) is 4.79 Å². The molecule has 1 aliphatic rings. The van der Waals surface area contributed by atoms with Gasteiger partial charge in [-0.15, -0.1) is 0 Å². The summed E-state index contributed by atoms with van der Waals surface area (Å²) in [6.07, 6.45) is 2.74. The number of nitrogens with zero attached hydrogens (tertiary/aromatic N) is 1. The highest BCUT2D eigenvalue weighted by molar-refractivity contribution is 6.35. The second kappa shape index (κ2) is 5.52. The van der Waals surface area contributed by atoms with Crippen molar-refractivity contribution < 1.29 is 9.18 Å². The van der Waals surface area contributed by atoms with Crippen LogP contribution in [0.2, 0.25) is 0 Å². The lowest BCUT2D eigenvalue weighted by Gasteiger charge is -2.15. The van der Waals surface area contributed by atoms with Crippen LogP contribution in [0.3, 0.4) is 0 Å². The topological polar surface area (TPSA) is 20.3 Å². The van der Waals surface area contributed by atoms with Gasteiger partial charge in [-0.2, -0.15) is 0 Å². The smallest absolute Gasteiger partial charge is 0.258 e. The third-order valence-electron chi connectivity index (χ3n) is 3.59. The molecule has 21 heavy (non-hydrogen) atoms. The quantitative estimate of drug-likeness (QED) is 0.775. The zero-order valence-electron chi connectivity index (χ0n) is 11.8. The minimum absolute atomic E-state index is 0.0161. The van der Waals surface area contributed by atoms with Crippen molar-refractivity contribution in [2.45, 2.75) is 13.3 Å². The Morgan fingerprint density at radius 1 is 1.10 bits per heavy atom. The average molecular weight is 281 g/mol. The lowest BCUT2D eigenvalue weighted by Crippen LogP contribution is -2.26. The van der Waals surface area contributed by atoms with Gasteiger partial charge in [-0.1, -0.05) is 37.3 Å². The number of benzene rings is 2. The zero-order valence-corrected chi connectivity index (χ0v) is 11.8. The average Bonchev–Trinajstić information content (AvgIpc) is 2.76. The molecule has 0 spiro atoms. The van der Waals surface area contributed by atoms with Crippen LogP contribution in [0.1, 0.15) is 24.5 Å². The van der Waals surface area contributed by atoms with Crippen molar-refractivity contribution in [3.05, 3.63) is 65.5 Å². The molecule has 1 heterocycles. The number of rotatable bonds is 3. The molecule has 106 valence electrons. The fourth-order valence-electron chi connectivity index (χ4n) is 2.62. The molecule has 0 aliphatic carbocycles. The number of fused-ring (bicyclic) bond motifs is 1. The summed E-state index contributed by atoms with van der Waals surface area (Å²) in [6, 6.07) is 14.0.